The van der Waals surface area contributed by atoms with Crippen LogP contribution in [0.4, 0.5) is 0 Å². The molecule has 0 radical (unpaired) electrons. The standard InChI is InChI=1S/C11H14N4OS/c12-11(17)9-5-8(1-2-13-9)6-15-4-3-14-10(16)7-15/h1-2,5H,3-4,6-7H2,(H2,12,17)(H,14,16). The first-order valence-electron chi connectivity index (χ1n) is 5.39. The number of pyridine rings is 1. The van der Waals surface area contributed by atoms with Crippen molar-refractivity contribution in [2.24, 2.45) is 5.73 Å². The van der Waals surface area contributed by atoms with Gasteiger partial charge in [0.2, 0.25) is 5.91 Å². The van der Waals surface area contributed by atoms with Crippen LogP contribution in [0.1, 0.15) is 11.3 Å². The number of hydrogen-bond donors (Lipinski definition) is 2. The van der Waals surface area contributed by atoms with Crippen molar-refractivity contribution in [3.8, 4) is 0 Å². The molecule has 90 valence electrons. The van der Waals surface area contributed by atoms with E-state index in [9.17, 15) is 4.79 Å². The molecule has 1 aliphatic rings. The van der Waals surface area contributed by atoms with Gasteiger partial charge in [0.25, 0.3) is 0 Å². The first kappa shape index (κ1) is 11.9. The molecule has 1 fully saturated rings. The van der Waals surface area contributed by atoms with Crippen LogP contribution >= 0.6 is 12.2 Å². The van der Waals surface area contributed by atoms with Gasteiger partial charge < -0.3 is 11.1 Å². The quantitative estimate of drug-likeness (QED) is 0.717. The number of rotatable bonds is 3. The van der Waals surface area contributed by atoms with Crippen molar-refractivity contribution in [2.75, 3.05) is 19.6 Å². The van der Waals surface area contributed by atoms with Gasteiger partial charge in [0, 0.05) is 25.8 Å². The van der Waals surface area contributed by atoms with Crippen LogP contribution in [0.15, 0.2) is 18.3 Å². The molecule has 5 nitrogen and oxygen atoms in total. The molecule has 1 aromatic heterocycles. The van der Waals surface area contributed by atoms with Crippen LogP contribution in [0.3, 0.4) is 0 Å². The monoisotopic (exact) mass is 250 g/mol. The molecular formula is C11H14N4OS. The summed E-state index contributed by atoms with van der Waals surface area (Å²) in [7, 11) is 0. The number of aromatic nitrogens is 1. The van der Waals surface area contributed by atoms with Gasteiger partial charge in [0.05, 0.1) is 12.2 Å². The van der Waals surface area contributed by atoms with Gasteiger partial charge in [-0.15, -0.1) is 0 Å². The van der Waals surface area contributed by atoms with Crippen LogP contribution in [0, 0.1) is 0 Å². The van der Waals surface area contributed by atoms with Crippen LogP contribution in [0.2, 0.25) is 0 Å². The van der Waals surface area contributed by atoms with Gasteiger partial charge in [-0.1, -0.05) is 12.2 Å². The zero-order chi connectivity index (χ0) is 12.3. The Morgan fingerprint density at radius 2 is 2.47 bits per heavy atom. The lowest BCUT2D eigenvalue weighted by Crippen LogP contribution is -2.47. The maximum atomic E-state index is 11.2. The molecule has 6 heteroatoms. The van der Waals surface area contributed by atoms with Crippen LogP contribution in [0.5, 0.6) is 0 Å². The van der Waals surface area contributed by atoms with Crippen molar-refractivity contribution in [2.45, 2.75) is 6.54 Å². The van der Waals surface area contributed by atoms with Crippen LogP contribution in [-0.2, 0) is 11.3 Å². The van der Waals surface area contributed by atoms with Crippen molar-refractivity contribution in [1.82, 2.24) is 15.2 Å². The SMILES string of the molecule is NC(=S)c1cc(CN2CCNC(=O)C2)ccn1. The third-order valence-electron chi connectivity index (χ3n) is 2.60. The first-order valence-corrected chi connectivity index (χ1v) is 5.80. The Balaban J connectivity index is 2.05. The lowest BCUT2D eigenvalue weighted by Gasteiger charge is -2.26. The second-order valence-electron chi connectivity index (χ2n) is 3.97. The summed E-state index contributed by atoms with van der Waals surface area (Å²) in [6, 6.07) is 3.78. The lowest BCUT2D eigenvalue weighted by molar-refractivity contribution is -0.124. The average Bonchev–Trinajstić information content (AvgIpc) is 2.29. The molecule has 17 heavy (non-hydrogen) atoms. The van der Waals surface area contributed by atoms with E-state index in [2.05, 4.69) is 15.2 Å². The zero-order valence-corrected chi connectivity index (χ0v) is 10.2. The minimum atomic E-state index is 0.0693. The summed E-state index contributed by atoms with van der Waals surface area (Å²) in [6.45, 7) is 2.71. The van der Waals surface area contributed by atoms with E-state index in [1.807, 2.05) is 12.1 Å². The molecular weight excluding hydrogens is 236 g/mol. The average molecular weight is 250 g/mol. The summed E-state index contributed by atoms with van der Waals surface area (Å²) in [5.41, 5.74) is 7.22. The van der Waals surface area contributed by atoms with Crippen LogP contribution < -0.4 is 11.1 Å². The van der Waals surface area contributed by atoms with E-state index in [1.54, 1.807) is 6.20 Å². The topological polar surface area (TPSA) is 71.2 Å². The summed E-state index contributed by atoms with van der Waals surface area (Å²) < 4.78 is 0. The number of nitrogens with zero attached hydrogens (tertiary/aromatic N) is 2. The van der Waals surface area contributed by atoms with Crippen molar-refractivity contribution >= 4 is 23.1 Å². The second kappa shape index (κ2) is 5.20. The molecule has 0 unspecified atom stereocenters. The largest absolute Gasteiger partial charge is 0.388 e. The van der Waals surface area contributed by atoms with Crippen molar-refractivity contribution in [1.29, 1.82) is 0 Å². The van der Waals surface area contributed by atoms with E-state index in [1.165, 1.54) is 0 Å². The molecule has 0 spiro atoms. The summed E-state index contributed by atoms with van der Waals surface area (Å²) in [5, 5.41) is 2.79. The Bertz CT molecular complexity index is 449. The van der Waals surface area contributed by atoms with Crippen molar-refractivity contribution in [3.05, 3.63) is 29.6 Å². The Morgan fingerprint density at radius 3 is 3.18 bits per heavy atom. The molecule has 1 amide bonds. The highest BCUT2D eigenvalue weighted by atomic mass is 32.1. The number of carbonyl (C=O) groups is 1. The van der Waals surface area contributed by atoms with E-state index in [0.717, 1.165) is 12.1 Å². The number of carbonyl (C=O) groups excluding carboxylic acids is 1. The van der Waals surface area contributed by atoms with Gasteiger partial charge in [-0.2, -0.15) is 0 Å². The van der Waals surface area contributed by atoms with Crippen LogP contribution in [-0.4, -0.2) is 40.4 Å². The fraction of sp³-hybridized carbons (Fsp3) is 0.364. The van der Waals surface area contributed by atoms with Gasteiger partial charge in [-0.25, -0.2) is 0 Å². The molecule has 0 atom stereocenters. The Kier molecular flexibility index (Phi) is 3.65. The van der Waals surface area contributed by atoms with Gasteiger partial charge in [0.15, 0.2) is 0 Å². The highest BCUT2D eigenvalue weighted by Gasteiger charge is 2.16. The van der Waals surface area contributed by atoms with E-state index >= 15 is 0 Å². The van der Waals surface area contributed by atoms with E-state index in [0.29, 0.717) is 30.3 Å². The fourth-order valence-corrected chi connectivity index (χ4v) is 1.90. The van der Waals surface area contributed by atoms with Crippen molar-refractivity contribution in [3.63, 3.8) is 0 Å². The first-order chi connectivity index (χ1) is 8.15. The zero-order valence-electron chi connectivity index (χ0n) is 9.35. The fourth-order valence-electron chi connectivity index (χ4n) is 1.79. The molecule has 1 aromatic rings. The van der Waals surface area contributed by atoms with Crippen LogP contribution in [0.25, 0.3) is 0 Å². The second-order valence-corrected chi connectivity index (χ2v) is 4.41. The third-order valence-corrected chi connectivity index (χ3v) is 2.81. The molecule has 0 aliphatic carbocycles. The minimum Gasteiger partial charge on any atom is -0.388 e. The van der Waals surface area contributed by atoms with E-state index in [4.69, 9.17) is 18.0 Å². The number of piperazine rings is 1. The van der Waals surface area contributed by atoms with E-state index in [-0.39, 0.29) is 5.91 Å². The molecule has 2 heterocycles. The Morgan fingerprint density at radius 1 is 1.65 bits per heavy atom. The summed E-state index contributed by atoms with van der Waals surface area (Å²) >= 11 is 4.88. The molecule has 3 N–H and O–H groups in total. The van der Waals surface area contributed by atoms with Gasteiger partial charge in [-0.05, 0) is 17.7 Å². The normalized spacial score (nSPS) is 16.6. The predicted molar refractivity (Wildman–Crippen MR) is 68.4 cm³/mol. The smallest absolute Gasteiger partial charge is 0.234 e. The number of hydrogen-bond acceptors (Lipinski definition) is 4. The maximum absolute atomic E-state index is 11.2. The number of nitrogens with two attached hydrogens (primary N) is 1. The highest BCUT2D eigenvalue weighted by molar-refractivity contribution is 7.80. The Labute approximate surface area is 105 Å². The molecule has 0 bridgehead atoms. The van der Waals surface area contributed by atoms with Gasteiger partial charge in [0.1, 0.15) is 4.99 Å². The number of thiocarbonyl (C=S) groups is 1. The Hall–Kier alpha value is -1.53. The van der Waals surface area contributed by atoms with Gasteiger partial charge >= 0.3 is 0 Å². The molecule has 0 aromatic carbocycles. The summed E-state index contributed by atoms with van der Waals surface area (Å²) in [6.07, 6.45) is 1.69. The predicted octanol–water partition coefficient (Wildman–Crippen LogP) is -0.352. The summed E-state index contributed by atoms with van der Waals surface area (Å²) in [5.74, 6) is 0.0693. The number of nitrogens with one attached hydrogen (secondary N) is 1. The molecule has 2 rings (SSSR count). The molecule has 0 saturated carbocycles. The maximum Gasteiger partial charge on any atom is 0.234 e. The third kappa shape index (κ3) is 3.21. The lowest BCUT2D eigenvalue weighted by atomic mass is 10.2. The number of amides is 1. The van der Waals surface area contributed by atoms with Gasteiger partial charge in [-0.3, -0.25) is 14.7 Å². The van der Waals surface area contributed by atoms with Crippen molar-refractivity contribution < 1.29 is 4.79 Å². The summed E-state index contributed by atoms with van der Waals surface area (Å²) in [4.78, 5) is 17.7. The molecule has 1 saturated heterocycles. The highest BCUT2D eigenvalue weighted by Crippen LogP contribution is 2.07. The molecule has 1 aliphatic heterocycles. The minimum absolute atomic E-state index is 0.0693. The van der Waals surface area contributed by atoms with E-state index < -0.39 is 0 Å².